The van der Waals surface area contributed by atoms with Crippen molar-refractivity contribution in [2.24, 2.45) is 5.73 Å². The van der Waals surface area contributed by atoms with E-state index in [9.17, 15) is 9.90 Å². The van der Waals surface area contributed by atoms with Crippen molar-refractivity contribution in [2.45, 2.75) is 63.0 Å². The van der Waals surface area contributed by atoms with E-state index >= 15 is 0 Å². The van der Waals surface area contributed by atoms with Gasteiger partial charge in [-0.25, -0.2) is 0 Å². The van der Waals surface area contributed by atoms with Crippen LogP contribution in [0.25, 0.3) is 11.1 Å². The summed E-state index contributed by atoms with van der Waals surface area (Å²) in [5.74, 6) is -0.00216. The number of rotatable bonds is 9. The molecule has 0 aromatic heterocycles. The van der Waals surface area contributed by atoms with E-state index in [2.05, 4.69) is 37.3 Å². The lowest BCUT2D eigenvalue weighted by atomic mass is 9.47. The fraction of sp³-hybridized carbons (Fsp3) is 0.424. The molecule has 1 amide bonds. The van der Waals surface area contributed by atoms with Crippen molar-refractivity contribution in [1.29, 1.82) is 0 Å². The van der Waals surface area contributed by atoms with Crippen molar-refractivity contribution < 1.29 is 14.6 Å². The molecule has 1 saturated heterocycles. The summed E-state index contributed by atoms with van der Waals surface area (Å²) in [6, 6.07) is 20.0. The number of unbranched alkanes of at least 4 members (excludes halogenated alkanes) is 1. The molecule has 0 bridgehead atoms. The number of benzene rings is 3. The van der Waals surface area contributed by atoms with Gasteiger partial charge in [-0.1, -0.05) is 61.0 Å². The van der Waals surface area contributed by atoms with Crippen LogP contribution in [0.4, 0.5) is 0 Å². The number of nitrogens with two attached hydrogens (primary N) is 1. The Morgan fingerprint density at radius 2 is 1.90 bits per heavy atom. The molecule has 1 spiro atoms. The Balaban J connectivity index is 1.56. The van der Waals surface area contributed by atoms with Gasteiger partial charge < -0.3 is 20.5 Å². The molecule has 206 valence electrons. The number of piperidine rings is 1. The van der Waals surface area contributed by atoms with Gasteiger partial charge in [-0.15, -0.1) is 0 Å². The first-order valence-corrected chi connectivity index (χ1v) is 14.5. The van der Waals surface area contributed by atoms with Crippen LogP contribution in [-0.4, -0.2) is 42.7 Å². The lowest BCUT2D eigenvalue weighted by Crippen LogP contribution is -2.66. The van der Waals surface area contributed by atoms with Crippen LogP contribution in [0.3, 0.4) is 0 Å². The first-order chi connectivity index (χ1) is 18.9. The molecule has 3 aromatic rings. The molecular formula is C33H39ClN2O3. The Hall–Kier alpha value is -2.70. The molecule has 3 aromatic carbocycles. The first kappa shape index (κ1) is 27.9. The van der Waals surface area contributed by atoms with Gasteiger partial charge in [0.2, 0.25) is 0 Å². The summed E-state index contributed by atoms with van der Waals surface area (Å²) in [6.07, 6.45) is 4.86. The van der Waals surface area contributed by atoms with E-state index in [0.717, 1.165) is 59.9 Å². The second-order valence-corrected chi connectivity index (χ2v) is 11.4. The van der Waals surface area contributed by atoms with Gasteiger partial charge in [0.05, 0.1) is 0 Å². The van der Waals surface area contributed by atoms with Gasteiger partial charge in [-0.3, -0.25) is 4.79 Å². The summed E-state index contributed by atoms with van der Waals surface area (Å²) in [7, 11) is 1.71. The molecule has 2 atom stereocenters. The average Bonchev–Trinajstić information content (AvgIpc) is 2.98. The predicted molar refractivity (Wildman–Crippen MR) is 157 cm³/mol. The third kappa shape index (κ3) is 4.80. The highest BCUT2D eigenvalue weighted by molar-refractivity contribution is 6.33. The van der Waals surface area contributed by atoms with E-state index in [4.69, 9.17) is 22.1 Å². The maximum atomic E-state index is 13.6. The Bertz CT molecular complexity index is 1340. The molecule has 5 nitrogen and oxygen atoms in total. The van der Waals surface area contributed by atoms with Crippen LogP contribution >= 0.6 is 11.6 Å². The van der Waals surface area contributed by atoms with E-state index in [1.165, 1.54) is 5.56 Å². The minimum atomic E-state index is -1.10. The third-order valence-corrected chi connectivity index (χ3v) is 9.17. The van der Waals surface area contributed by atoms with Crippen LogP contribution in [-0.2, 0) is 28.7 Å². The molecule has 0 radical (unpaired) electrons. The summed E-state index contributed by atoms with van der Waals surface area (Å²) in [5, 5.41) is 13.4. The largest absolute Gasteiger partial charge is 0.385 e. The van der Waals surface area contributed by atoms with Gasteiger partial charge in [0.1, 0.15) is 5.60 Å². The van der Waals surface area contributed by atoms with E-state index in [1.54, 1.807) is 7.11 Å². The summed E-state index contributed by atoms with van der Waals surface area (Å²) < 4.78 is 5.30. The van der Waals surface area contributed by atoms with E-state index in [0.29, 0.717) is 43.2 Å². The molecular weight excluding hydrogens is 508 g/mol. The number of aliphatic hydroxyl groups is 1. The van der Waals surface area contributed by atoms with Crippen molar-refractivity contribution >= 4 is 17.5 Å². The zero-order valence-electron chi connectivity index (χ0n) is 23.0. The molecule has 1 heterocycles. The predicted octanol–water partition coefficient (Wildman–Crippen LogP) is 6.22. The van der Waals surface area contributed by atoms with Crippen molar-refractivity contribution in [3.63, 3.8) is 0 Å². The standard InChI is InChI=1S/C33H39ClN2O3/c1-3-23-8-6-9-26(20-23)29-28(34)15-14-27-30(29)33(38,17-4-5-19-39-2)32(27)16-7-18-36(22-32)31(37)25-12-10-24(21-35)11-13-25/h6,8-15,20,38H,3-5,7,16-19,21-22,35H2,1-2H3/t32-,33-/m1/s1. The van der Waals surface area contributed by atoms with Gasteiger partial charge in [0, 0.05) is 54.9 Å². The highest BCUT2D eigenvalue weighted by atomic mass is 35.5. The van der Waals surface area contributed by atoms with Gasteiger partial charge >= 0.3 is 0 Å². The number of carbonyl (C=O) groups is 1. The van der Waals surface area contributed by atoms with Gasteiger partial charge in [0.25, 0.3) is 5.91 Å². The maximum Gasteiger partial charge on any atom is 0.253 e. The number of likely N-dealkylation sites (tertiary alicyclic amines) is 1. The number of nitrogens with zero attached hydrogens (tertiary/aromatic N) is 1. The molecule has 2 aliphatic rings. The third-order valence-electron chi connectivity index (χ3n) is 8.85. The van der Waals surface area contributed by atoms with Crippen molar-refractivity contribution in [1.82, 2.24) is 4.90 Å². The second kappa shape index (κ2) is 11.4. The second-order valence-electron chi connectivity index (χ2n) is 11.0. The zero-order valence-corrected chi connectivity index (χ0v) is 23.8. The van der Waals surface area contributed by atoms with Crippen LogP contribution in [0, 0.1) is 0 Å². The van der Waals surface area contributed by atoms with Crippen LogP contribution in [0.1, 0.15) is 71.6 Å². The topological polar surface area (TPSA) is 75.8 Å². The fourth-order valence-corrected chi connectivity index (χ4v) is 7.04. The molecule has 0 unspecified atom stereocenters. The molecule has 0 saturated carbocycles. The Kier molecular flexibility index (Phi) is 8.16. The number of hydrogen-bond acceptors (Lipinski definition) is 4. The molecule has 5 rings (SSSR count). The fourth-order valence-electron chi connectivity index (χ4n) is 6.78. The SMILES string of the molecule is CCc1cccc(-c2c(Cl)ccc3c2[C@](O)(CCCCOC)[C@@]32CCCN(C(=O)c3ccc(CN)cc3)C2)c1. The number of methoxy groups -OCH3 is 1. The monoisotopic (exact) mass is 546 g/mol. The van der Waals surface area contributed by atoms with Crippen LogP contribution in [0.2, 0.25) is 5.02 Å². The number of aryl methyl sites for hydroxylation is 1. The quantitative estimate of drug-likeness (QED) is 0.312. The van der Waals surface area contributed by atoms with Gasteiger partial charge in [-0.05, 0) is 84.5 Å². The minimum absolute atomic E-state index is 0.00216. The summed E-state index contributed by atoms with van der Waals surface area (Å²) in [4.78, 5) is 15.6. The molecule has 39 heavy (non-hydrogen) atoms. The smallest absolute Gasteiger partial charge is 0.253 e. The van der Waals surface area contributed by atoms with Crippen molar-refractivity contribution in [3.8, 4) is 11.1 Å². The zero-order chi connectivity index (χ0) is 27.6. The number of carbonyl (C=O) groups excluding carboxylic acids is 1. The number of amides is 1. The normalized spacial score (nSPS) is 22.0. The minimum Gasteiger partial charge on any atom is -0.385 e. The Labute approximate surface area is 236 Å². The average molecular weight is 547 g/mol. The van der Waals surface area contributed by atoms with Crippen LogP contribution in [0.15, 0.2) is 60.7 Å². The van der Waals surface area contributed by atoms with E-state index < -0.39 is 11.0 Å². The molecule has 6 heteroatoms. The molecule has 1 aliphatic heterocycles. The van der Waals surface area contributed by atoms with Gasteiger partial charge in [-0.2, -0.15) is 0 Å². The number of fused-ring (bicyclic) bond motifs is 2. The highest BCUT2D eigenvalue weighted by Crippen LogP contribution is 2.64. The lowest BCUT2D eigenvalue weighted by molar-refractivity contribution is -0.110. The van der Waals surface area contributed by atoms with E-state index in [1.807, 2.05) is 35.2 Å². The van der Waals surface area contributed by atoms with Gasteiger partial charge in [0.15, 0.2) is 0 Å². The summed E-state index contributed by atoms with van der Waals surface area (Å²) in [5.41, 5.74) is 11.0. The molecule has 1 aliphatic carbocycles. The summed E-state index contributed by atoms with van der Waals surface area (Å²) in [6.45, 7) is 4.39. The Morgan fingerprint density at radius 3 is 2.62 bits per heavy atom. The summed E-state index contributed by atoms with van der Waals surface area (Å²) >= 11 is 6.88. The lowest BCUT2D eigenvalue weighted by Gasteiger charge is -2.62. The number of hydrogen-bond donors (Lipinski definition) is 2. The van der Waals surface area contributed by atoms with Crippen LogP contribution < -0.4 is 5.73 Å². The molecule has 3 N–H and O–H groups in total. The van der Waals surface area contributed by atoms with Crippen LogP contribution in [0.5, 0.6) is 0 Å². The van der Waals surface area contributed by atoms with Crippen molar-refractivity contribution in [3.05, 3.63) is 93.5 Å². The van der Waals surface area contributed by atoms with E-state index in [-0.39, 0.29) is 5.91 Å². The number of halogens is 1. The first-order valence-electron chi connectivity index (χ1n) is 14.1. The molecule has 1 fully saturated rings. The highest BCUT2D eigenvalue weighted by Gasteiger charge is 2.64. The maximum absolute atomic E-state index is 13.6. The van der Waals surface area contributed by atoms with Crippen molar-refractivity contribution in [2.75, 3.05) is 26.8 Å². The Morgan fingerprint density at radius 1 is 1.10 bits per heavy atom. The number of ether oxygens (including phenoxy) is 1.